The minimum Gasteiger partial charge on any atom is -0.462 e. The number of carbonyl (C=O) groups excluding carboxylic acids is 4. The van der Waals surface area contributed by atoms with Crippen molar-refractivity contribution in [2.24, 2.45) is 0 Å². The molecule has 0 rings (SSSR count). The molecule has 3 N–H and O–H groups in total. The molecule has 0 radical (unpaired) electrons. The summed E-state index contributed by atoms with van der Waals surface area (Å²) in [7, 11) is -10.00. The SMILES string of the molecule is CC/C=C\C/C=C\C/C=C\C/C=C\C/C=C\CC(=O)OCC(COP(=O)(O)OCC(O)COP(=O)(O)OCC(COC(=O)CCCC/C=C\C/C=C\C/C=C\C/C=C\CC)OC(=O)CCCCCCC/C=C\CCCCCC)OC(=O)CCCCCCC/C=C\C/C=C\CCCCC. The summed E-state index contributed by atoms with van der Waals surface area (Å²) in [5, 5.41) is 10.6. The van der Waals surface area contributed by atoms with Crippen molar-refractivity contribution in [1.29, 1.82) is 0 Å². The van der Waals surface area contributed by atoms with E-state index in [4.69, 9.17) is 37.0 Å². The molecule has 0 bridgehead atoms. The Kier molecular flexibility index (Phi) is 66.7. The Balaban J connectivity index is 5.48. The first-order chi connectivity index (χ1) is 47.7. The molecule has 0 aliphatic carbocycles. The van der Waals surface area contributed by atoms with E-state index in [1.165, 1.54) is 44.9 Å². The molecule has 19 heteroatoms. The third-order valence-electron chi connectivity index (χ3n) is 14.8. The Hall–Kier alpha value is -5.06. The van der Waals surface area contributed by atoms with Crippen molar-refractivity contribution in [2.45, 2.75) is 290 Å². The third kappa shape index (κ3) is 69.4. The van der Waals surface area contributed by atoms with Crippen LogP contribution in [0.2, 0.25) is 0 Å². The lowest BCUT2D eigenvalue weighted by atomic mass is 10.1. The first-order valence-corrected chi connectivity index (χ1v) is 40.1. The molecule has 17 nitrogen and oxygen atoms in total. The number of aliphatic hydroxyl groups is 1. The van der Waals surface area contributed by atoms with Gasteiger partial charge in [-0.2, -0.15) is 0 Å². The topological polar surface area (TPSA) is 237 Å². The largest absolute Gasteiger partial charge is 0.472 e. The fraction of sp³-hybridized carbons (Fsp3) is 0.646. The molecule has 5 atom stereocenters. The van der Waals surface area contributed by atoms with Crippen molar-refractivity contribution >= 4 is 39.5 Å². The third-order valence-corrected chi connectivity index (χ3v) is 16.7. The molecule has 0 saturated carbocycles. The van der Waals surface area contributed by atoms with Crippen LogP contribution >= 0.6 is 15.6 Å². The molecular weight excluding hydrogens is 1280 g/mol. The van der Waals surface area contributed by atoms with Crippen molar-refractivity contribution in [3.05, 3.63) is 146 Å². The predicted molar refractivity (Wildman–Crippen MR) is 399 cm³/mol. The number of hydrogen-bond acceptors (Lipinski definition) is 15. The van der Waals surface area contributed by atoms with E-state index in [0.29, 0.717) is 25.7 Å². The Morgan fingerprint density at radius 3 is 0.959 bits per heavy atom. The Morgan fingerprint density at radius 1 is 0.306 bits per heavy atom. The van der Waals surface area contributed by atoms with E-state index >= 15 is 0 Å². The van der Waals surface area contributed by atoms with Gasteiger partial charge in [0, 0.05) is 19.3 Å². The Morgan fingerprint density at radius 2 is 0.571 bits per heavy atom. The number of phosphoric ester groups is 2. The highest BCUT2D eigenvalue weighted by molar-refractivity contribution is 7.47. The summed E-state index contributed by atoms with van der Waals surface area (Å²) in [5.41, 5.74) is 0. The Bertz CT molecular complexity index is 2430. The van der Waals surface area contributed by atoms with Gasteiger partial charge in [-0.05, 0) is 148 Å². The van der Waals surface area contributed by atoms with Gasteiger partial charge in [0.2, 0.25) is 0 Å². The second-order valence-electron chi connectivity index (χ2n) is 24.1. The number of phosphoric acid groups is 2. The smallest absolute Gasteiger partial charge is 0.462 e. The maximum Gasteiger partial charge on any atom is 0.472 e. The maximum atomic E-state index is 13.1. The summed E-state index contributed by atoms with van der Waals surface area (Å²) in [6.45, 7) is 4.39. The van der Waals surface area contributed by atoms with Crippen LogP contribution in [0.15, 0.2) is 146 Å². The lowest BCUT2D eigenvalue weighted by Gasteiger charge is -2.21. The van der Waals surface area contributed by atoms with Crippen molar-refractivity contribution in [2.75, 3.05) is 39.6 Å². The zero-order valence-corrected chi connectivity index (χ0v) is 62.4. The fourth-order valence-corrected chi connectivity index (χ4v) is 10.8. The van der Waals surface area contributed by atoms with Gasteiger partial charge in [-0.3, -0.25) is 37.3 Å². The zero-order chi connectivity index (χ0) is 71.8. The molecule has 0 aromatic heterocycles. The monoisotopic (exact) mass is 1410 g/mol. The van der Waals surface area contributed by atoms with Crippen molar-refractivity contribution < 1.29 is 80.2 Å². The zero-order valence-electron chi connectivity index (χ0n) is 60.7. The lowest BCUT2D eigenvalue weighted by Crippen LogP contribution is -2.30. The molecule has 98 heavy (non-hydrogen) atoms. The number of allylic oxidation sites excluding steroid dienone is 23. The van der Waals surface area contributed by atoms with Crippen LogP contribution in [0, 0.1) is 0 Å². The quantitative estimate of drug-likeness (QED) is 0.0169. The number of aliphatic hydroxyl groups excluding tert-OH is 1. The molecule has 5 unspecified atom stereocenters. The van der Waals surface area contributed by atoms with E-state index in [-0.39, 0.29) is 25.7 Å². The van der Waals surface area contributed by atoms with Gasteiger partial charge in [0.15, 0.2) is 12.2 Å². The first-order valence-electron chi connectivity index (χ1n) is 37.1. The highest BCUT2D eigenvalue weighted by Gasteiger charge is 2.30. The van der Waals surface area contributed by atoms with Crippen LogP contribution in [-0.4, -0.2) is 96.7 Å². The minimum absolute atomic E-state index is 0.0544. The summed E-state index contributed by atoms with van der Waals surface area (Å²) in [6.07, 6.45) is 78.8. The van der Waals surface area contributed by atoms with E-state index in [9.17, 15) is 43.2 Å². The van der Waals surface area contributed by atoms with Gasteiger partial charge in [0.25, 0.3) is 0 Å². The molecule has 0 spiro atoms. The van der Waals surface area contributed by atoms with Crippen LogP contribution in [0.3, 0.4) is 0 Å². The molecule has 0 aromatic carbocycles. The van der Waals surface area contributed by atoms with Crippen LogP contribution in [0.5, 0.6) is 0 Å². The van der Waals surface area contributed by atoms with Crippen molar-refractivity contribution in [1.82, 2.24) is 0 Å². The average Bonchev–Trinajstić information content (AvgIpc) is 1.04. The molecular formula is C79H130O17P2. The normalized spacial score (nSPS) is 14.8. The summed E-state index contributed by atoms with van der Waals surface area (Å²) in [5.74, 6) is -2.41. The number of hydrogen-bond donors (Lipinski definition) is 3. The average molecular weight is 1410 g/mol. The molecule has 0 aromatic rings. The van der Waals surface area contributed by atoms with Crippen LogP contribution in [0.25, 0.3) is 0 Å². The highest BCUT2D eigenvalue weighted by Crippen LogP contribution is 2.45. The van der Waals surface area contributed by atoms with Gasteiger partial charge in [0.05, 0.1) is 32.8 Å². The summed E-state index contributed by atoms with van der Waals surface area (Å²) < 4.78 is 68.2. The molecule has 0 heterocycles. The van der Waals surface area contributed by atoms with Gasteiger partial charge in [-0.15, -0.1) is 0 Å². The van der Waals surface area contributed by atoms with Crippen molar-refractivity contribution in [3.8, 4) is 0 Å². The van der Waals surface area contributed by atoms with Gasteiger partial charge >= 0.3 is 39.5 Å². The number of unbranched alkanes of at least 4 members (excludes halogenated alkanes) is 19. The van der Waals surface area contributed by atoms with E-state index in [1.54, 1.807) is 6.08 Å². The number of ether oxygens (including phenoxy) is 4. The van der Waals surface area contributed by atoms with E-state index in [0.717, 1.165) is 148 Å². The summed E-state index contributed by atoms with van der Waals surface area (Å²) in [6, 6.07) is 0. The van der Waals surface area contributed by atoms with Crippen molar-refractivity contribution in [3.63, 3.8) is 0 Å². The van der Waals surface area contributed by atoms with Crippen LogP contribution in [-0.2, 0) is 65.4 Å². The van der Waals surface area contributed by atoms with Gasteiger partial charge < -0.3 is 33.8 Å². The predicted octanol–water partition coefficient (Wildman–Crippen LogP) is 21.1. The van der Waals surface area contributed by atoms with E-state index in [1.807, 2.05) is 18.2 Å². The lowest BCUT2D eigenvalue weighted by molar-refractivity contribution is -0.161. The minimum atomic E-state index is -5.00. The fourth-order valence-electron chi connectivity index (χ4n) is 9.19. The first kappa shape index (κ1) is 92.9. The van der Waals surface area contributed by atoms with Gasteiger partial charge in [-0.25, -0.2) is 9.13 Å². The molecule has 0 aliphatic heterocycles. The summed E-state index contributed by atoms with van der Waals surface area (Å²) in [4.78, 5) is 72.7. The number of carbonyl (C=O) groups is 4. The van der Waals surface area contributed by atoms with Crippen LogP contribution in [0.1, 0.15) is 272 Å². The van der Waals surface area contributed by atoms with Crippen LogP contribution in [0.4, 0.5) is 0 Å². The van der Waals surface area contributed by atoms with E-state index in [2.05, 4.69) is 149 Å². The number of esters is 4. The molecule has 0 saturated heterocycles. The van der Waals surface area contributed by atoms with Gasteiger partial charge in [-0.1, -0.05) is 244 Å². The van der Waals surface area contributed by atoms with Crippen LogP contribution < -0.4 is 0 Å². The molecule has 0 aliphatic rings. The molecule has 0 amide bonds. The number of rotatable bonds is 68. The highest BCUT2D eigenvalue weighted by atomic mass is 31.2. The standard InChI is InChI=1S/C79H130O17P2/c1-5-9-13-17-21-25-29-33-36-40-43-47-51-55-59-63-76(81)89-69-74(95-78(83)65-61-57-53-49-45-39-32-28-24-20-16-12-8-4)71-93-97(85,86)91-67-73(80)68-92-98(87,88)94-72-75(96-79(84)66-62-58-54-50-46-42-38-35-31-27-23-19-15-11-7-3)70-90-77(82)64-60-56-52-48-44-41-37-34-30-26-22-18-14-10-6-2/h9-10,13-14,21-23,25-28,32-38,43-44,47-48,56,60,73-75,80H,5-8,11-12,15-20,24,29-31,39-42,45-46,49-55,57-59,61-72H2,1-4H3,(H,85,86)(H,87,88)/b13-9-,14-10-,25-21-,26-22-,27-23-,32-28-,36-33-,37-34-,38-35-,47-43-,48-44-,60-56-. The molecule has 558 valence electrons. The Labute approximate surface area is 592 Å². The molecule has 0 fully saturated rings. The van der Waals surface area contributed by atoms with Gasteiger partial charge in [0.1, 0.15) is 19.3 Å². The summed E-state index contributed by atoms with van der Waals surface area (Å²) >= 11 is 0. The second-order valence-corrected chi connectivity index (χ2v) is 27.0. The maximum absolute atomic E-state index is 13.1. The second kappa shape index (κ2) is 70.4. The van der Waals surface area contributed by atoms with E-state index < -0.39 is 97.5 Å².